The summed E-state index contributed by atoms with van der Waals surface area (Å²) in [6.45, 7) is 0.729. The lowest BCUT2D eigenvalue weighted by molar-refractivity contribution is -0.124. The predicted octanol–water partition coefficient (Wildman–Crippen LogP) is 1.06. The van der Waals surface area contributed by atoms with Crippen molar-refractivity contribution < 1.29 is 9.59 Å². The molecule has 1 N–H and O–H groups in total. The second-order valence-electron chi connectivity index (χ2n) is 6.07. The van der Waals surface area contributed by atoms with Crippen LogP contribution in [-0.4, -0.2) is 46.1 Å². The van der Waals surface area contributed by atoms with Crippen molar-refractivity contribution in [1.29, 1.82) is 0 Å². The molecule has 3 rings (SSSR count). The summed E-state index contributed by atoms with van der Waals surface area (Å²) in [7, 11) is 3.54. The SMILES string of the molecule is CN(C(=O)c1nn(C)cc1Cl)[C@H]1C[C@H]2CC(=O)NC[C@H]2C1. The molecule has 1 saturated carbocycles. The van der Waals surface area contributed by atoms with Crippen LogP contribution in [0.15, 0.2) is 6.20 Å². The van der Waals surface area contributed by atoms with Crippen molar-refractivity contribution in [2.45, 2.75) is 25.3 Å². The maximum absolute atomic E-state index is 12.5. The number of nitrogens with zero attached hydrogens (tertiary/aromatic N) is 3. The van der Waals surface area contributed by atoms with E-state index >= 15 is 0 Å². The van der Waals surface area contributed by atoms with Gasteiger partial charge in [-0.2, -0.15) is 5.10 Å². The minimum Gasteiger partial charge on any atom is -0.356 e. The highest BCUT2D eigenvalue weighted by molar-refractivity contribution is 6.33. The van der Waals surface area contributed by atoms with Gasteiger partial charge < -0.3 is 10.2 Å². The van der Waals surface area contributed by atoms with Gasteiger partial charge in [-0.15, -0.1) is 0 Å². The Bertz CT molecular complexity index is 586. The highest BCUT2D eigenvalue weighted by Crippen LogP contribution is 2.38. The minimum atomic E-state index is -0.150. The van der Waals surface area contributed by atoms with Crippen LogP contribution in [-0.2, 0) is 11.8 Å². The van der Waals surface area contributed by atoms with Crippen molar-refractivity contribution in [3.05, 3.63) is 16.9 Å². The highest BCUT2D eigenvalue weighted by atomic mass is 35.5. The molecule has 2 amide bonds. The van der Waals surface area contributed by atoms with Crippen LogP contribution in [0.4, 0.5) is 0 Å². The fraction of sp³-hybridized carbons (Fsp3) is 0.643. The van der Waals surface area contributed by atoms with Crippen LogP contribution in [0.3, 0.4) is 0 Å². The molecule has 1 aliphatic carbocycles. The number of fused-ring (bicyclic) bond motifs is 1. The van der Waals surface area contributed by atoms with Crippen LogP contribution >= 0.6 is 11.6 Å². The van der Waals surface area contributed by atoms with Gasteiger partial charge >= 0.3 is 0 Å². The zero-order valence-electron chi connectivity index (χ0n) is 12.2. The number of rotatable bonds is 2. The molecule has 0 spiro atoms. The molecule has 6 nitrogen and oxygen atoms in total. The van der Waals surface area contributed by atoms with E-state index in [4.69, 9.17) is 11.6 Å². The first-order chi connectivity index (χ1) is 9.95. The Hall–Kier alpha value is -1.56. The summed E-state index contributed by atoms with van der Waals surface area (Å²) in [4.78, 5) is 25.7. The Kier molecular flexibility index (Phi) is 3.65. The number of piperidine rings is 1. The van der Waals surface area contributed by atoms with E-state index in [-0.39, 0.29) is 17.9 Å². The lowest BCUT2D eigenvalue weighted by Gasteiger charge is -2.24. The minimum absolute atomic E-state index is 0.124. The first-order valence-corrected chi connectivity index (χ1v) is 7.56. The summed E-state index contributed by atoms with van der Waals surface area (Å²) in [5.74, 6) is 0.836. The third-order valence-electron chi connectivity index (χ3n) is 4.68. The molecule has 2 fully saturated rings. The average molecular weight is 311 g/mol. The van der Waals surface area contributed by atoms with Gasteiger partial charge in [0, 0.05) is 39.3 Å². The van der Waals surface area contributed by atoms with Gasteiger partial charge in [0.05, 0.1) is 5.02 Å². The molecule has 2 heterocycles. The van der Waals surface area contributed by atoms with E-state index in [0.29, 0.717) is 29.0 Å². The Morgan fingerprint density at radius 2 is 2.19 bits per heavy atom. The quantitative estimate of drug-likeness (QED) is 0.888. The lowest BCUT2D eigenvalue weighted by Crippen LogP contribution is -2.38. The fourth-order valence-electron chi connectivity index (χ4n) is 3.49. The Morgan fingerprint density at radius 1 is 1.48 bits per heavy atom. The maximum atomic E-state index is 12.5. The van der Waals surface area contributed by atoms with Gasteiger partial charge in [-0.1, -0.05) is 11.6 Å². The maximum Gasteiger partial charge on any atom is 0.275 e. The van der Waals surface area contributed by atoms with Crippen molar-refractivity contribution in [2.24, 2.45) is 18.9 Å². The second kappa shape index (κ2) is 5.33. The standard InChI is InChI=1S/C14H19ClN4O2/c1-18-7-11(15)13(17-18)14(21)19(2)10-3-8-5-12(20)16-6-9(8)4-10/h7-10H,3-6H2,1-2H3,(H,16,20)/t8-,9+,10-/m0/s1. The number of carbonyl (C=O) groups excluding carboxylic acids is 2. The summed E-state index contributed by atoms with van der Waals surface area (Å²) < 4.78 is 1.54. The predicted molar refractivity (Wildman–Crippen MR) is 77.9 cm³/mol. The van der Waals surface area contributed by atoms with Gasteiger partial charge in [0.2, 0.25) is 5.91 Å². The molecule has 21 heavy (non-hydrogen) atoms. The van der Waals surface area contributed by atoms with Crippen molar-refractivity contribution in [1.82, 2.24) is 20.0 Å². The zero-order chi connectivity index (χ0) is 15.1. The van der Waals surface area contributed by atoms with Crippen molar-refractivity contribution >= 4 is 23.4 Å². The van der Waals surface area contributed by atoms with Gasteiger partial charge in [-0.05, 0) is 24.7 Å². The average Bonchev–Trinajstić information content (AvgIpc) is 2.99. The highest BCUT2D eigenvalue weighted by Gasteiger charge is 2.41. The number of hydrogen-bond acceptors (Lipinski definition) is 3. The molecule has 3 atom stereocenters. The molecule has 1 saturated heterocycles. The molecule has 1 aromatic rings. The number of amides is 2. The Labute approximate surface area is 128 Å². The third kappa shape index (κ3) is 2.64. The van der Waals surface area contributed by atoms with Crippen molar-refractivity contribution in [3.63, 3.8) is 0 Å². The van der Waals surface area contributed by atoms with E-state index in [1.54, 1.807) is 29.9 Å². The monoisotopic (exact) mass is 310 g/mol. The normalized spacial score (nSPS) is 28.1. The topological polar surface area (TPSA) is 67.2 Å². The van der Waals surface area contributed by atoms with Crippen LogP contribution in [0.2, 0.25) is 5.02 Å². The summed E-state index contributed by atoms with van der Waals surface area (Å²) in [6.07, 6.45) is 4.01. The van der Waals surface area contributed by atoms with Gasteiger partial charge in [0.1, 0.15) is 0 Å². The molecular weight excluding hydrogens is 292 g/mol. The molecule has 7 heteroatoms. The van der Waals surface area contributed by atoms with Crippen LogP contribution in [0.1, 0.15) is 29.8 Å². The number of hydrogen-bond donors (Lipinski definition) is 1. The van der Waals surface area contributed by atoms with Gasteiger partial charge in [-0.3, -0.25) is 14.3 Å². The first kappa shape index (κ1) is 14.4. The molecule has 2 aliphatic rings. The van der Waals surface area contributed by atoms with E-state index in [1.165, 1.54) is 0 Å². The van der Waals surface area contributed by atoms with Gasteiger partial charge in [0.15, 0.2) is 5.69 Å². The fourth-order valence-corrected chi connectivity index (χ4v) is 3.75. The molecule has 0 radical (unpaired) electrons. The first-order valence-electron chi connectivity index (χ1n) is 7.18. The third-order valence-corrected chi connectivity index (χ3v) is 4.96. The molecule has 0 aromatic carbocycles. The molecule has 114 valence electrons. The lowest BCUT2D eigenvalue weighted by atomic mass is 9.89. The van der Waals surface area contributed by atoms with E-state index < -0.39 is 0 Å². The van der Waals surface area contributed by atoms with Crippen molar-refractivity contribution in [2.75, 3.05) is 13.6 Å². The molecule has 1 aliphatic heterocycles. The van der Waals surface area contributed by atoms with Crippen LogP contribution in [0.25, 0.3) is 0 Å². The number of carbonyl (C=O) groups is 2. The van der Waals surface area contributed by atoms with E-state index in [1.807, 2.05) is 0 Å². The summed E-state index contributed by atoms with van der Waals surface area (Å²) >= 11 is 6.05. The van der Waals surface area contributed by atoms with Gasteiger partial charge in [0.25, 0.3) is 5.91 Å². The number of nitrogens with one attached hydrogen (secondary N) is 1. The number of aryl methyl sites for hydroxylation is 1. The summed E-state index contributed by atoms with van der Waals surface area (Å²) in [5, 5.41) is 7.42. The largest absolute Gasteiger partial charge is 0.356 e. The van der Waals surface area contributed by atoms with Gasteiger partial charge in [-0.25, -0.2) is 0 Å². The summed E-state index contributed by atoms with van der Waals surface area (Å²) in [5.41, 5.74) is 0.297. The zero-order valence-corrected chi connectivity index (χ0v) is 12.9. The molecular formula is C14H19ClN4O2. The molecule has 0 unspecified atom stereocenters. The van der Waals surface area contributed by atoms with Crippen LogP contribution < -0.4 is 5.32 Å². The van der Waals surface area contributed by atoms with E-state index in [9.17, 15) is 9.59 Å². The Balaban J connectivity index is 1.71. The summed E-state index contributed by atoms with van der Waals surface area (Å²) in [6, 6.07) is 0.151. The molecule has 1 aromatic heterocycles. The van der Waals surface area contributed by atoms with Crippen LogP contribution in [0, 0.1) is 11.8 Å². The second-order valence-corrected chi connectivity index (χ2v) is 6.48. The van der Waals surface area contributed by atoms with Crippen LogP contribution in [0.5, 0.6) is 0 Å². The van der Waals surface area contributed by atoms with E-state index in [0.717, 1.165) is 19.4 Å². The Morgan fingerprint density at radius 3 is 2.86 bits per heavy atom. The number of halogens is 1. The number of aromatic nitrogens is 2. The van der Waals surface area contributed by atoms with Crippen molar-refractivity contribution in [3.8, 4) is 0 Å². The smallest absolute Gasteiger partial charge is 0.275 e. The molecule has 0 bridgehead atoms. The van der Waals surface area contributed by atoms with E-state index in [2.05, 4.69) is 10.4 Å².